The molecule has 1 heterocycles. The topological polar surface area (TPSA) is 68.3 Å². The van der Waals surface area contributed by atoms with Crippen LogP contribution in [-0.2, 0) is 0 Å². The molecular formula is C12H15ClN2O2. The van der Waals surface area contributed by atoms with Gasteiger partial charge in [0.05, 0.1) is 5.56 Å². The Hall–Kier alpha value is -1.52. The lowest BCUT2D eigenvalue weighted by molar-refractivity contribution is 0.0942. The minimum absolute atomic E-state index is 0. The summed E-state index contributed by atoms with van der Waals surface area (Å²) in [5, 5.41) is 3.62. The van der Waals surface area contributed by atoms with Crippen LogP contribution in [0.25, 0.3) is 11.0 Å². The van der Waals surface area contributed by atoms with Crippen molar-refractivity contribution in [2.75, 3.05) is 6.54 Å². The number of halogens is 1. The van der Waals surface area contributed by atoms with Crippen molar-refractivity contribution >= 4 is 29.3 Å². The monoisotopic (exact) mass is 254 g/mol. The number of carbonyl (C=O) groups excluding carboxylic acids is 1. The maximum Gasteiger partial charge on any atom is 0.255 e. The van der Waals surface area contributed by atoms with Crippen LogP contribution in [0.3, 0.4) is 0 Å². The van der Waals surface area contributed by atoms with E-state index in [9.17, 15) is 4.79 Å². The van der Waals surface area contributed by atoms with Gasteiger partial charge in [-0.25, -0.2) is 0 Å². The molecule has 1 atom stereocenters. The molecule has 0 spiro atoms. The fraction of sp³-hybridized carbons (Fsp3) is 0.250. The van der Waals surface area contributed by atoms with Crippen LogP contribution in [0.4, 0.5) is 0 Å². The van der Waals surface area contributed by atoms with Gasteiger partial charge in [0.25, 0.3) is 5.91 Å². The fourth-order valence-electron chi connectivity index (χ4n) is 1.51. The first kappa shape index (κ1) is 13.5. The number of furan rings is 1. The van der Waals surface area contributed by atoms with E-state index >= 15 is 0 Å². The number of hydrogen-bond donors (Lipinski definition) is 2. The van der Waals surface area contributed by atoms with E-state index in [0.717, 1.165) is 5.39 Å². The highest BCUT2D eigenvalue weighted by atomic mass is 35.5. The van der Waals surface area contributed by atoms with Gasteiger partial charge >= 0.3 is 0 Å². The van der Waals surface area contributed by atoms with E-state index in [2.05, 4.69) is 5.32 Å². The lowest BCUT2D eigenvalue weighted by Crippen LogP contribution is -2.37. The van der Waals surface area contributed by atoms with Gasteiger partial charge in [0.15, 0.2) is 0 Å². The smallest absolute Gasteiger partial charge is 0.255 e. The molecule has 0 saturated carbocycles. The summed E-state index contributed by atoms with van der Waals surface area (Å²) in [6.07, 6.45) is 1.48. The second kappa shape index (κ2) is 5.70. The maximum absolute atomic E-state index is 11.9. The van der Waals surface area contributed by atoms with Gasteiger partial charge in [-0.1, -0.05) is 18.2 Å². The van der Waals surface area contributed by atoms with Crippen LogP contribution in [0.5, 0.6) is 0 Å². The Morgan fingerprint density at radius 2 is 2.18 bits per heavy atom. The molecular weight excluding hydrogens is 240 g/mol. The van der Waals surface area contributed by atoms with E-state index in [1.165, 1.54) is 6.26 Å². The van der Waals surface area contributed by atoms with Crippen molar-refractivity contribution < 1.29 is 9.21 Å². The molecule has 4 nitrogen and oxygen atoms in total. The SMILES string of the molecule is C[C@H](CN)NC(=O)c1coc2ccccc12.Cl. The molecule has 0 radical (unpaired) electrons. The number of para-hydroxylation sites is 1. The molecule has 17 heavy (non-hydrogen) atoms. The van der Waals surface area contributed by atoms with Crippen molar-refractivity contribution in [2.24, 2.45) is 5.73 Å². The summed E-state index contributed by atoms with van der Waals surface area (Å²) in [7, 11) is 0. The third-order valence-electron chi connectivity index (χ3n) is 2.46. The zero-order chi connectivity index (χ0) is 11.5. The molecule has 5 heteroatoms. The molecule has 0 bridgehead atoms. The molecule has 0 saturated heterocycles. The molecule has 0 aliphatic carbocycles. The summed E-state index contributed by atoms with van der Waals surface area (Å²) in [6.45, 7) is 2.28. The maximum atomic E-state index is 11.9. The normalized spacial score (nSPS) is 11.9. The van der Waals surface area contributed by atoms with Crippen LogP contribution in [0.1, 0.15) is 17.3 Å². The van der Waals surface area contributed by atoms with Gasteiger partial charge in [-0.3, -0.25) is 4.79 Å². The van der Waals surface area contributed by atoms with E-state index in [4.69, 9.17) is 10.2 Å². The Kier molecular flexibility index (Phi) is 4.54. The van der Waals surface area contributed by atoms with E-state index in [1.807, 2.05) is 31.2 Å². The molecule has 92 valence electrons. The second-order valence-corrected chi connectivity index (χ2v) is 3.76. The van der Waals surface area contributed by atoms with Crippen molar-refractivity contribution in [3.05, 3.63) is 36.1 Å². The van der Waals surface area contributed by atoms with Crippen LogP contribution in [0.15, 0.2) is 34.9 Å². The highest BCUT2D eigenvalue weighted by molar-refractivity contribution is 6.05. The molecule has 1 aromatic carbocycles. The predicted molar refractivity (Wildman–Crippen MR) is 69.4 cm³/mol. The van der Waals surface area contributed by atoms with Crippen molar-refractivity contribution in [3.63, 3.8) is 0 Å². The van der Waals surface area contributed by atoms with Crippen LogP contribution in [0, 0.1) is 0 Å². The zero-order valence-corrected chi connectivity index (χ0v) is 10.3. The molecule has 1 aromatic heterocycles. The lowest BCUT2D eigenvalue weighted by atomic mass is 10.1. The van der Waals surface area contributed by atoms with Crippen molar-refractivity contribution in [3.8, 4) is 0 Å². The van der Waals surface area contributed by atoms with Crippen LogP contribution < -0.4 is 11.1 Å². The summed E-state index contributed by atoms with van der Waals surface area (Å²) in [4.78, 5) is 11.9. The Balaban J connectivity index is 0.00000144. The first-order valence-electron chi connectivity index (χ1n) is 5.19. The van der Waals surface area contributed by atoms with E-state index in [1.54, 1.807) is 0 Å². The first-order chi connectivity index (χ1) is 7.72. The van der Waals surface area contributed by atoms with Gasteiger partial charge < -0.3 is 15.5 Å². The van der Waals surface area contributed by atoms with Gasteiger partial charge in [0.1, 0.15) is 11.8 Å². The fourth-order valence-corrected chi connectivity index (χ4v) is 1.51. The van der Waals surface area contributed by atoms with Gasteiger partial charge in [0.2, 0.25) is 0 Å². The number of nitrogens with two attached hydrogens (primary N) is 1. The molecule has 2 aromatic rings. The van der Waals surface area contributed by atoms with Crippen molar-refractivity contribution in [1.29, 1.82) is 0 Å². The van der Waals surface area contributed by atoms with Gasteiger partial charge in [0, 0.05) is 18.0 Å². The largest absolute Gasteiger partial charge is 0.463 e. The summed E-state index contributed by atoms with van der Waals surface area (Å²) in [6, 6.07) is 7.40. The Morgan fingerprint density at radius 1 is 1.47 bits per heavy atom. The van der Waals surface area contributed by atoms with Crippen LogP contribution in [-0.4, -0.2) is 18.5 Å². The third-order valence-corrected chi connectivity index (χ3v) is 2.46. The molecule has 0 fully saturated rings. The zero-order valence-electron chi connectivity index (χ0n) is 9.47. The highest BCUT2D eigenvalue weighted by Gasteiger charge is 2.14. The third kappa shape index (κ3) is 2.78. The molecule has 1 amide bonds. The Labute approximate surface area is 106 Å². The number of rotatable bonds is 3. The lowest BCUT2D eigenvalue weighted by Gasteiger charge is -2.09. The molecule has 2 rings (SSSR count). The number of hydrogen-bond acceptors (Lipinski definition) is 3. The number of amides is 1. The molecule has 0 unspecified atom stereocenters. The van der Waals surface area contributed by atoms with Gasteiger partial charge in [-0.05, 0) is 13.0 Å². The second-order valence-electron chi connectivity index (χ2n) is 3.76. The summed E-state index contributed by atoms with van der Waals surface area (Å²) >= 11 is 0. The number of benzene rings is 1. The first-order valence-corrected chi connectivity index (χ1v) is 5.19. The molecule has 0 aliphatic rings. The number of nitrogens with one attached hydrogen (secondary N) is 1. The summed E-state index contributed by atoms with van der Waals surface area (Å²) < 4.78 is 5.29. The number of carbonyl (C=O) groups is 1. The van der Waals surface area contributed by atoms with E-state index < -0.39 is 0 Å². The van der Waals surface area contributed by atoms with E-state index in [0.29, 0.717) is 17.7 Å². The molecule has 0 aliphatic heterocycles. The van der Waals surface area contributed by atoms with E-state index in [-0.39, 0.29) is 24.4 Å². The summed E-state index contributed by atoms with van der Waals surface area (Å²) in [5.74, 6) is -0.150. The molecule has 3 N–H and O–H groups in total. The van der Waals surface area contributed by atoms with Gasteiger partial charge in [-0.15, -0.1) is 12.4 Å². The average Bonchev–Trinajstić information content (AvgIpc) is 2.72. The van der Waals surface area contributed by atoms with Crippen LogP contribution >= 0.6 is 12.4 Å². The van der Waals surface area contributed by atoms with Crippen molar-refractivity contribution in [2.45, 2.75) is 13.0 Å². The number of fused-ring (bicyclic) bond motifs is 1. The Morgan fingerprint density at radius 3 is 2.88 bits per heavy atom. The average molecular weight is 255 g/mol. The minimum Gasteiger partial charge on any atom is -0.463 e. The predicted octanol–water partition coefficient (Wildman–Crippen LogP) is 1.93. The standard InChI is InChI=1S/C12H14N2O2.ClH/c1-8(6-13)14-12(15)10-7-16-11-5-3-2-4-9(10)11;/h2-5,7-8H,6,13H2,1H3,(H,14,15);1H/t8-;/m1./s1. The van der Waals surface area contributed by atoms with Crippen LogP contribution in [0.2, 0.25) is 0 Å². The quantitative estimate of drug-likeness (QED) is 0.880. The highest BCUT2D eigenvalue weighted by Crippen LogP contribution is 2.20. The van der Waals surface area contributed by atoms with Crippen molar-refractivity contribution in [1.82, 2.24) is 5.32 Å². The van der Waals surface area contributed by atoms with Gasteiger partial charge in [-0.2, -0.15) is 0 Å². The summed E-state index contributed by atoms with van der Waals surface area (Å²) in [5.41, 5.74) is 6.72. The Bertz CT molecular complexity index is 510. The minimum atomic E-state index is -0.150.